The lowest BCUT2D eigenvalue weighted by atomic mass is 9.98. The number of fused-ring (bicyclic) bond motifs is 1. The smallest absolute Gasteiger partial charge is 0.331 e. The van der Waals surface area contributed by atoms with Gasteiger partial charge in [-0.25, -0.2) is 4.79 Å². The van der Waals surface area contributed by atoms with Crippen molar-refractivity contribution in [2.45, 2.75) is 50.7 Å². The Kier molecular flexibility index (Phi) is 6.00. The van der Waals surface area contributed by atoms with Crippen molar-refractivity contribution in [3.8, 4) is 0 Å². The number of rotatable bonds is 7. The fourth-order valence-corrected chi connectivity index (χ4v) is 3.58. The highest BCUT2D eigenvalue weighted by atomic mass is 16.6. The van der Waals surface area contributed by atoms with Crippen molar-refractivity contribution in [1.29, 1.82) is 0 Å². The lowest BCUT2D eigenvalue weighted by Crippen LogP contribution is -2.26. The molecule has 2 aliphatic rings. The highest BCUT2D eigenvalue weighted by Crippen LogP contribution is 2.46. The Bertz CT molecular complexity index is 551. The third-order valence-corrected chi connectivity index (χ3v) is 4.58. The van der Waals surface area contributed by atoms with Gasteiger partial charge in [-0.15, -0.1) is 0 Å². The minimum Gasteiger partial charge on any atom is -0.509 e. The average molecular weight is 338 g/mol. The van der Waals surface area contributed by atoms with Gasteiger partial charge in [-0.1, -0.05) is 6.58 Å². The lowest BCUT2D eigenvalue weighted by molar-refractivity contribution is -0.154. The molecule has 7 nitrogen and oxygen atoms in total. The van der Waals surface area contributed by atoms with Crippen molar-refractivity contribution in [1.82, 2.24) is 0 Å². The van der Waals surface area contributed by atoms with Crippen LogP contribution >= 0.6 is 0 Å². The Balaban J connectivity index is 1.83. The van der Waals surface area contributed by atoms with E-state index in [4.69, 9.17) is 19.7 Å². The van der Waals surface area contributed by atoms with E-state index in [1.165, 1.54) is 6.08 Å². The molecule has 24 heavy (non-hydrogen) atoms. The van der Waals surface area contributed by atoms with Gasteiger partial charge in [0.25, 0.3) is 0 Å². The number of ether oxygens (including phenoxy) is 2. The predicted molar refractivity (Wildman–Crippen MR) is 83.0 cm³/mol. The zero-order chi connectivity index (χ0) is 17.7. The van der Waals surface area contributed by atoms with Crippen LogP contribution in [0, 0.1) is 11.8 Å². The molecule has 2 saturated carbocycles. The number of carboxylic acid groups (broad SMARTS) is 1. The molecule has 2 aliphatic carbocycles. The van der Waals surface area contributed by atoms with Crippen molar-refractivity contribution in [3.63, 3.8) is 0 Å². The standard InChI is InChI=1S/C17H22O7/c1-10(18)2-8-16(21)23-13-5-3-12-11(13)4-6-14(12)24-17(22)9-7-15(19)20/h2,8,11-14,18H,1,3-7,9H2,(H,19,20)/b8-2-/t11-,12-,13-,14+/m0/s1. The molecule has 0 aromatic heterocycles. The summed E-state index contributed by atoms with van der Waals surface area (Å²) in [4.78, 5) is 33.9. The van der Waals surface area contributed by atoms with Crippen LogP contribution in [0.15, 0.2) is 24.5 Å². The van der Waals surface area contributed by atoms with Crippen LogP contribution in [0.1, 0.15) is 38.5 Å². The average Bonchev–Trinajstić information content (AvgIpc) is 3.07. The predicted octanol–water partition coefficient (Wildman–Crippen LogP) is 2.12. The molecule has 0 unspecified atom stereocenters. The van der Waals surface area contributed by atoms with Gasteiger partial charge >= 0.3 is 17.9 Å². The van der Waals surface area contributed by atoms with Crippen LogP contribution in [0.3, 0.4) is 0 Å². The van der Waals surface area contributed by atoms with Crippen LogP contribution in [-0.4, -0.2) is 40.3 Å². The van der Waals surface area contributed by atoms with Gasteiger partial charge in [0, 0.05) is 17.9 Å². The van der Waals surface area contributed by atoms with Crippen molar-refractivity contribution >= 4 is 17.9 Å². The van der Waals surface area contributed by atoms with Crippen molar-refractivity contribution in [2.75, 3.05) is 0 Å². The molecular weight excluding hydrogens is 316 g/mol. The summed E-state index contributed by atoms with van der Waals surface area (Å²) in [5.41, 5.74) is 0. The lowest BCUT2D eigenvalue weighted by Gasteiger charge is -2.20. The fourth-order valence-electron chi connectivity index (χ4n) is 3.58. The summed E-state index contributed by atoms with van der Waals surface area (Å²) >= 11 is 0. The molecule has 0 aromatic rings. The summed E-state index contributed by atoms with van der Waals surface area (Å²) in [6.45, 7) is 3.25. The molecule has 0 bridgehead atoms. The Morgan fingerprint density at radius 2 is 1.50 bits per heavy atom. The number of aliphatic hydroxyl groups is 1. The first-order chi connectivity index (χ1) is 11.4. The SMILES string of the molecule is C=C(O)/C=C\C(=O)O[C@H]1CC[C@H]2[C@@H]1CC[C@H]2OC(=O)CCC(=O)O. The Morgan fingerprint density at radius 1 is 0.917 bits per heavy atom. The maximum Gasteiger partial charge on any atom is 0.331 e. The van der Waals surface area contributed by atoms with E-state index in [1.807, 2.05) is 0 Å². The van der Waals surface area contributed by atoms with E-state index >= 15 is 0 Å². The van der Waals surface area contributed by atoms with Crippen molar-refractivity contribution in [3.05, 3.63) is 24.5 Å². The molecule has 0 radical (unpaired) electrons. The molecule has 0 heterocycles. The van der Waals surface area contributed by atoms with Gasteiger partial charge in [0.2, 0.25) is 0 Å². The normalized spacial score (nSPS) is 28.5. The number of aliphatic carboxylic acids is 1. The second kappa shape index (κ2) is 7.99. The van der Waals surface area contributed by atoms with Gasteiger partial charge < -0.3 is 19.7 Å². The first kappa shape index (κ1) is 18.0. The minimum atomic E-state index is -1.03. The number of allylic oxidation sites excluding steroid dienone is 1. The number of hydrogen-bond acceptors (Lipinski definition) is 6. The van der Waals surface area contributed by atoms with Gasteiger partial charge in [0.15, 0.2) is 0 Å². The Morgan fingerprint density at radius 3 is 2.04 bits per heavy atom. The zero-order valence-corrected chi connectivity index (χ0v) is 13.3. The summed E-state index contributed by atoms with van der Waals surface area (Å²) in [6.07, 6.45) is 4.51. The molecule has 2 rings (SSSR count). The largest absolute Gasteiger partial charge is 0.509 e. The quantitative estimate of drug-likeness (QED) is 0.316. The van der Waals surface area contributed by atoms with Gasteiger partial charge in [0.05, 0.1) is 12.8 Å². The third-order valence-electron chi connectivity index (χ3n) is 4.58. The molecular formula is C17H22O7. The van der Waals surface area contributed by atoms with Crippen LogP contribution in [0.4, 0.5) is 0 Å². The molecule has 0 saturated heterocycles. The zero-order valence-electron chi connectivity index (χ0n) is 13.3. The van der Waals surface area contributed by atoms with Crippen LogP contribution < -0.4 is 0 Å². The first-order valence-corrected chi connectivity index (χ1v) is 8.04. The van der Waals surface area contributed by atoms with E-state index < -0.39 is 17.9 Å². The second-order valence-corrected chi connectivity index (χ2v) is 6.20. The summed E-state index contributed by atoms with van der Waals surface area (Å²) < 4.78 is 10.8. The molecule has 0 amide bonds. The van der Waals surface area contributed by atoms with Crippen LogP contribution in [0.5, 0.6) is 0 Å². The van der Waals surface area contributed by atoms with E-state index in [2.05, 4.69) is 6.58 Å². The van der Waals surface area contributed by atoms with E-state index in [0.29, 0.717) is 12.8 Å². The highest BCUT2D eigenvalue weighted by molar-refractivity contribution is 5.82. The van der Waals surface area contributed by atoms with Crippen molar-refractivity contribution in [2.24, 2.45) is 11.8 Å². The number of carbonyl (C=O) groups is 3. The highest BCUT2D eigenvalue weighted by Gasteiger charge is 2.47. The number of aliphatic hydroxyl groups excluding tert-OH is 1. The summed E-state index contributed by atoms with van der Waals surface area (Å²) in [7, 11) is 0. The van der Waals surface area contributed by atoms with Gasteiger partial charge in [-0.05, 0) is 31.8 Å². The molecule has 2 N–H and O–H groups in total. The van der Waals surface area contributed by atoms with Crippen LogP contribution in [-0.2, 0) is 23.9 Å². The van der Waals surface area contributed by atoms with Gasteiger partial charge in [-0.2, -0.15) is 0 Å². The topological polar surface area (TPSA) is 110 Å². The van der Waals surface area contributed by atoms with Crippen LogP contribution in [0.25, 0.3) is 0 Å². The minimum absolute atomic E-state index is 0.128. The number of carboxylic acids is 1. The van der Waals surface area contributed by atoms with Crippen LogP contribution in [0.2, 0.25) is 0 Å². The summed E-state index contributed by atoms with van der Waals surface area (Å²) in [5.74, 6) is -1.97. The van der Waals surface area contributed by atoms with E-state index in [0.717, 1.165) is 18.9 Å². The summed E-state index contributed by atoms with van der Waals surface area (Å²) in [5, 5.41) is 17.5. The second-order valence-electron chi connectivity index (χ2n) is 6.20. The monoisotopic (exact) mass is 338 g/mol. The summed E-state index contributed by atoms with van der Waals surface area (Å²) in [6, 6.07) is 0. The Labute approximate surface area is 139 Å². The first-order valence-electron chi connectivity index (χ1n) is 8.04. The molecule has 0 aromatic carbocycles. The van der Waals surface area contributed by atoms with Crippen molar-refractivity contribution < 1.29 is 34.1 Å². The maximum absolute atomic E-state index is 11.7. The fraction of sp³-hybridized carbons (Fsp3) is 0.588. The molecule has 2 fully saturated rings. The van der Waals surface area contributed by atoms with E-state index in [9.17, 15) is 14.4 Å². The van der Waals surface area contributed by atoms with E-state index in [-0.39, 0.29) is 42.6 Å². The third kappa shape index (κ3) is 4.84. The molecule has 4 atom stereocenters. The number of carbonyl (C=O) groups excluding carboxylic acids is 2. The molecule has 0 spiro atoms. The molecule has 132 valence electrons. The number of hydrogen-bond donors (Lipinski definition) is 2. The van der Waals surface area contributed by atoms with E-state index in [1.54, 1.807) is 0 Å². The Hall–Kier alpha value is -2.31. The maximum atomic E-state index is 11.7. The molecule has 7 heteroatoms. The number of esters is 2. The van der Waals surface area contributed by atoms with Gasteiger partial charge in [-0.3, -0.25) is 9.59 Å². The molecule has 0 aliphatic heterocycles. The van der Waals surface area contributed by atoms with Gasteiger partial charge in [0.1, 0.15) is 18.0 Å².